The van der Waals surface area contributed by atoms with Gasteiger partial charge in [0.2, 0.25) is 0 Å². The SMILES string of the molecule is C[C@H](N=[N+]=[N-])c1ccn[nH]1. The summed E-state index contributed by atoms with van der Waals surface area (Å²) >= 11 is 0. The maximum atomic E-state index is 8.06. The third-order valence-electron chi connectivity index (χ3n) is 1.20. The third-order valence-corrected chi connectivity index (χ3v) is 1.20. The maximum absolute atomic E-state index is 8.06. The fourth-order valence-corrected chi connectivity index (χ4v) is 0.639. The van der Waals surface area contributed by atoms with Crippen LogP contribution in [-0.2, 0) is 0 Å². The van der Waals surface area contributed by atoms with Crippen molar-refractivity contribution in [2.24, 2.45) is 5.11 Å². The van der Waals surface area contributed by atoms with Gasteiger partial charge in [0.1, 0.15) is 0 Å². The molecule has 1 aromatic heterocycles. The molecule has 0 aromatic carbocycles. The molecule has 10 heavy (non-hydrogen) atoms. The summed E-state index contributed by atoms with van der Waals surface area (Å²) in [6, 6.07) is 1.62. The summed E-state index contributed by atoms with van der Waals surface area (Å²) in [6.45, 7) is 1.80. The van der Waals surface area contributed by atoms with Crippen molar-refractivity contribution in [3.05, 3.63) is 28.4 Å². The number of rotatable bonds is 2. The Kier molecular flexibility index (Phi) is 1.92. The van der Waals surface area contributed by atoms with Crippen molar-refractivity contribution in [3.63, 3.8) is 0 Å². The van der Waals surface area contributed by atoms with Gasteiger partial charge in [-0.3, -0.25) is 5.10 Å². The molecule has 5 nitrogen and oxygen atoms in total. The van der Waals surface area contributed by atoms with Crippen molar-refractivity contribution in [3.8, 4) is 0 Å². The number of azide groups is 1. The predicted octanol–water partition coefficient (Wildman–Crippen LogP) is 1.78. The third kappa shape index (κ3) is 1.27. The summed E-state index contributed by atoms with van der Waals surface area (Å²) in [5, 5.41) is 9.90. The molecule has 0 radical (unpaired) electrons. The first-order chi connectivity index (χ1) is 4.84. The van der Waals surface area contributed by atoms with E-state index in [1.807, 2.05) is 0 Å². The Labute approximate surface area is 57.7 Å². The molecule has 0 unspecified atom stereocenters. The first kappa shape index (κ1) is 6.64. The van der Waals surface area contributed by atoms with Crippen molar-refractivity contribution in [2.75, 3.05) is 0 Å². The minimum atomic E-state index is -0.160. The Morgan fingerprint density at radius 1 is 1.90 bits per heavy atom. The summed E-state index contributed by atoms with van der Waals surface area (Å²) in [5.74, 6) is 0. The smallest absolute Gasteiger partial charge is 0.0764 e. The second kappa shape index (κ2) is 2.89. The normalized spacial score (nSPS) is 12.1. The molecule has 0 aliphatic carbocycles. The van der Waals surface area contributed by atoms with Crippen molar-refractivity contribution in [1.82, 2.24) is 10.2 Å². The van der Waals surface area contributed by atoms with Crippen LogP contribution >= 0.6 is 0 Å². The molecule has 0 fully saturated rings. The fourth-order valence-electron chi connectivity index (χ4n) is 0.639. The summed E-state index contributed by atoms with van der Waals surface area (Å²) in [7, 11) is 0. The van der Waals surface area contributed by atoms with E-state index in [-0.39, 0.29) is 6.04 Å². The molecule has 0 saturated carbocycles. The van der Waals surface area contributed by atoms with Gasteiger partial charge >= 0.3 is 0 Å². The lowest BCUT2D eigenvalue weighted by Gasteiger charge is -1.96. The largest absolute Gasteiger partial charge is 0.282 e. The zero-order chi connectivity index (χ0) is 7.40. The Morgan fingerprint density at radius 2 is 2.70 bits per heavy atom. The highest BCUT2D eigenvalue weighted by atomic mass is 15.2. The van der Waals surface area contributed by atoms with Crippen molar-refractivity contribution >= 4 is 0 Å². The Hall–Kier alpha value is -1.48. The molecular weight excluding hydrogens is 130 g/mol. The molecule has 1 heterocycles. The van der Waals surface area contributed by atoms with Crippen LogP contribution in [0.2, 0.25) is 0 Å². The maximum Gasteiger partial charge on any atom is 0.0764 e. The van der Waals surface area contributed by atoms with Crippen LogP contribution in [0.25, 0.3) is 10.4 Å². The monoisotopic (exact) mass is 137 g/mol. The van der Waals surface area contributed by atoms with Crippen LogP contribution < -0.4 is 0 Å². The number of hydrogen-bond donors (Lipinski definition) is 1. The molecule has 0 aliphatic rings. The zero-order valence-corrected chi connectivity index (χ0v) is 5.52. The first-order valence-electron chi connectivity index (χ1n) is 2.88. The average Bonchev–Trinajstić information content (AvgIpc) is 2.38. The first-order valence-corrected chi connectivity index (χ1v) is 2.88. The minimum Gasteiger partial charge on any atom is -0.282 e. The summed E-state index contributed by atoms with van der Waals surface area (Å²) in [4.78, 5) is 2.67. The highest BCUT2D eigenvalue weighted by molar-refractivity contribution is 5.02. The molecule has 5 heteroatoms. The van der Waals surface area contributed by atoms with E-state index in [4.69, 9.17) is 5.53 Å². The molecule has 1 N–H and O–H groups in total. The van der Waals surface area contributed by atoms with Crippen molar-refractivity contribution in [2.45, 2.75) is 13.0 Å². The Morgan fingerprint density at radius 3 is 3.20 bits per heavy atom. The van der Waals surface area contributed by atoms with E-state index in [1.165, 1.54) is 0 Å². The van der Waals surface area contributed by atoms with Gasteiger partial charge in [-0.2, -0.15) is 5.10 Å². The number of nitrogens with one attached hydrogen (secondary N) is 1. The number of H-pyrrole nitrogens is 1. The van der Waals surface area contributed by atoms with Gasteiger partial charge in [0.05, 0.1) is 6.04 Å². The van der Waals surface area contributed by atoms with E-state index in [0.29, 0.717) is 0 Å². The molecule has 1 atom stereocenters. The lowest BCUT2D eigenvalue weighted by Crippen LogP contribution is -1.87. The highest BCUT2D eigenvalue weighted by Gasteiger charge is 2.01. The molecule has 1 rings (SSSR count). The molecule has 0 aliphatic heterocycles. The van der Waals surface area contributed by atoms with Crippen LogP contribution in [0.5, 0.6) is 0 Å². The Balaban J connectivity index is 2.76. The van der Waals surface area contributed by atoms with E-state index < -0.39 is 0 Å². The summed E-state index contributed by atoms with van der Waals surface area (Å²) < 4.78 is 0. The van der Waals surface area contributed by atoms with E-state index in [1.54, 1.807) is 19.2 Å². The lowest BCUT2D eigenvalue weighted by atomic mass is 10.3. The van der Waals surface area contributed by atoms with Crippen LogP contribution in [0, 0.1) is 0 Å². The van der Waals surface area contributed by atoms with Gasteiger partial charge in [0.25, 0.3) is 0 Å². The van der Waals surface area contributed by atoms with E-state index in [9.17, 15) is 0 Å². The van der Waals surface area contributed by atoms with Crippen LogP contribution in [-0.4, -0.2) is 10.2 Å². The molecule has 0 spiro atoms. The van der Waals surface area contributed by atoms with Crippen molar-refractivity contribution in [1.29, 1.82) is 0 Å². The molecule has 1 aromatic rings. The van der Waals surface area contributed by atoms with Gasteiger partial charge in [0, 0.05) is 16.8 Å². The fraction of sp³-hybridized carbons (Fsp3) is 0.400. The summed E-state index contributed by atoms with van der Waals surface area (Å²) in [5.41, 5.74) is 8.89. The molecule has 0 amide bonds. The molecular formula is C5H7N5. The predicted molar refractivity (Wildman–Crippen MR) is 36.1 cm³/mol. The van der Waals surface area contributed by atoms with E-state index in [0.717, 1.165) is 5.69 Å². The van der Waals surface area contributed by atoms with E-state index >= 15 is 0 Å². The van der Waals surface area contributed by atoms with E-state index in [2.05, 4.69) is 20.2 Å². The quantitative estimate of drug-likeness (QED) is 0.376. The number of aromatic amines is 1. The van der Waals surface area contributed by atoms with Gasteiger partial charge in [-0.05, 0) is 11.6 Å². The standard InChI is InChI=1S/C5H7N5/c1-4(8-10-6)5-2-3-7-9-5/h2-4H,1H3,(H,7,9)/t4-/m0/s1. The van der Waals surface area contributed by atoms with Gasteiger partial charge in [-0.15, -0.1) is 0 Å². The Bertz CT molecular complexity index is 233. The zero-order valence-electron chi connectivity index (χ0n) is 5.52. The number of aromatic nitrogens is 2. The molecule has 0 bridgehead atoms. The van der Waals surface area contributed by atoms with Crippen LogP contribution in [0.4, 0.5) is 0 Å². The number of hydrogen-bond acceptors (Lipinski definition) is 2. The number of nitrogens with zero attached hydrogens (tertiary/aromatic N) is 4. The molecule has 0 saturated heterocycles. The second-order valence-corrected chi connectivity index (χ2v) is 1.89. The van der Waals surface area contributed by atoms with Crippen LogP contribution in [0.1, 0.15) is 18.7 Å². The van der Waals surface area contributed by atoms with Crippen molar-refractivity contribution < 1.29 is 0 Å². The van der Waals surface area contributed by atoms with Crippen LogP contribution in [0.3, 0.4) is 0 Å². The second-order valence-electron chi connectivity index (χ2n) is 1.89. The lowest BCUT2D eigenvalue weighted by molar-refractivity contribution is 0.764. The van der Waals surface area contributed by atoms with Crippen LogP contribution in [0.15, 0.2) is 17.4 Å². The van der Waals surface area contributed by atoms with Gasteiger partial charge in [-0.1, -0.05) is 12.0 Å². The summed E-state index contributed by atoms with van der Waals surface area (Å²) in [6.07, 6.45) is 1.62. The minimum absolute atomic E-state index is 0.160. The van der Waals surface area contributed by atoms with Gasteiger partial charge < -0.3 is 0 Å². The average molecular weight is 137 g/mol. The van der Waals surface area contributed by atoms with Gasteiger partial charge in [-0.25, -0.2) is 0 Å². The highest BCUT2D eigenvalue weighted by Crippen LogP contribution is 2.11. The topological polar surface area (TPSA) is 77.4 Å². The molecule has 52 valence electrons. The van der Waals surface area contributed by atoms with Gasteiger partial charge in [0.15, 0.2) is 0 Å².